The Hall–Kier alpha value is -1.67. The van der Waals surface area contributed by atoms with E-state index in [9.17, 15) is 18.4 Å². The highest BCUT2D eigenvalue weighted by Gasteiger charge is 2.26. The molecule has 0 aromatic heterocycles. The lowest BCUT2D eigenvalue weighted by Gasteiger charge is -2.37. The molecule has 5 nitrogen and oxygen atoms in total. The van der Waals surface area contributed by atoms with Gasteiger partial charge < -0.3 is 10.2 Å². The van der Waals surface area contributed by atoms with Gasteiger partial charge in [0, 0.05) is 43.7 Å². The van der Waals surface area contributed by atoms with E-state index in [2.05, 4.69) is 5.32 Å². The van der Waals surface area contributed by atoms with Crippen LogP contribution in [0.2, 0.25) is 0 Å². The maximum absolute atomic E-state index is 12.3. The highest BCUT2D eigenvalue weighted by atomic mass is 32.2. The third-order valence-electron chi connectivity index (χ3n) is 4.03. The van der Waals surface area contributed by atoms with Gasteiger partial charge in [-0.25, -0.2) is 0 Å². The fraction of sp³-hybridized carbons (Fsp3) is 0.500. The summed E-state index contributed by atoms with van der Waals surface area (Å²) in [4.78, 5) is 27.9. The van der Waals surface area contributed by atoms with Gasteiger partial charge in [-0.3, -0.25) is 14.5 Å². The van der Waals surface area contributed by atoms with E-state index < -0.39 is 5.76 Å². The van der Waals surface area contributed by atoms with Gasteiger partial charge in [0.05, 0.1) is 6.04 Å². The normalized spacial score (nSPS) is 17.0. The van der Waals surface area contributed by atoms with E-state index in [1.54, 1.807) is 36.1 Å². The number of nitrogens with zero attached hydrogens (tertiary/aromatic N) is 2. The predicted octanol–water partition coefficient (Wildman–Crippen LogP) is 2.49. The smallest absolute Gasteiger partial charge is 0.288 e. The van der Waals surface area contributed by atoms with E-state index in [1.807, 2.05) is 11.8 Å². The van der Waals surface area contributed by atoms with Crippen LogP contribution in [0.1, 0.15) is 13.8 Å². The van der Waals surface area contributed by atoms with Crippen molar-refractivity contribution < 1.29 is 18.4 Å². The minimum Gasteiger partial charge on any atom is -0.340 e. The molecular weight excluding hydrogens is 336 g/mol. The Kier molecular flexibility index (Phi) is 6.56. The van der Waals surface area contributed by atoms with Crippen LogP contribution in [-0.4, -0.2) is 59.6 Å². The number of alkyl halides is 2. The molecular formula is C16H21F2N3O2S. The number of carbonyl (C=O) groups is 2. The van der Waals surface area contributed by atoms with Crippen LogP contribution in [0.5, 0.6) is 0 Å². The zero-order valence-corrected chi connectivity index (χ0v) is 14.5. The molecule has 0 bridgehead atoms. The van der Waals surface area contributed by atoms with Gasteiger partial charge >= 0.3 is 0 Å². The van der Waals surface area contributed by atoms with Crippen molar-refractivity contribution in [2.45, 2.75) is 30.5 Å². The van der Waals surface area contributed by atoms with Gasteiger partial charge in [0.25, 0.3) is 5.76 Å². The Labute approximate surface area is 144 Å². The molecule has 0 radical (unpaired) electrons. The lowest BCUT2D eigenvalue weighted by Crippen LogP contribution is -2.53. The van der Waals surface area contributed by atoms with E-state index in [1.165, 1.54) is 0 Å². The number of piperazine rings is 1. The third kappa shape index (κ3) is 5.17. The van der Waals surface area contributed by atoms with Crippen LogP contribution in [0.25, 0.3) is 0 Å². The standard InChI is InChI=1S/C16H21F2N3O2S/c1-11(20-7-9-21(10-8-20)12(2)22)15(23)19-13-3-5-14(6-4-13)24-16(17)18/h3-6,11,16H,7-10H2,1-2H3,(H,19,23)/t11-/m1/s1. The Morgan fingerprint density at radius 2 is 1.71 bits per heavy atom. The Morgan fingerprint density at radius 1 is 1.12 bits per heavy atom. The first-order chi connectivity index (χ1) is 11.4. The van der Waals surface area contributed by atoms with Crippen LogP contribution in [0.4, 0.5) is 14.5 Å². The second-order valence-electron chi connectivity index (χ2n) is 5.61. The average Bonchev–Trinajstić information content (AvgIpc) is 2.55. The number of amides is 2. The van der Waals surface area contributed by atoms with Gasteiger partial charge in [0.15, 0.2) is 0 Å². The molecule has 1 aromatic carbocycles. The Balaban J connectivity index is 1.86. The molecule has 1 aliphatic rings. The van der Waals surface area contributed by atoms with Gasteiger partial charge in [-0.2, -0.15) is 8.78 Å². The number of rotatable bonds is 5. The summed E-state index contributed by atoms with van der Waals surface area (Å²) < 4.78 is 24.6. The summed E-state index contributed by atoms with van der Waals surface area (Å²) >= 11 is 0.471. The van der Waals surface area contributed by atoms with E-state index in [0.717, 1.165) is 0 Å². The number of nitrogens with one attached hydrogen (secondary N) is 1. The molecule has 0 unspecified atom stereocenters. The summed E-state index contributed by atoms with van der Waals surface area (Å²) in [7, 11) is 0. The molecule has 1 aliphatic heterocycles. The third-order valence-corrected chi connectivity index (χ3v) is 4.76. The van der Waals surface area contributed by atoms with Gasteiger partial charge in [0.2, 0.25) is 11.8 Å². The van der Waals surface area contributed by atoms with Crippen molar-refractivity contribution in [3.8, 4) is 0 Å². The van der Waals surface area contributed by atoms with E-state index in [-0.39, 0.29) is 17.9 Å². The largest absolute Gasteiger partial charge is 0.340 e. The molecule has 1 fully saturated rings. The van der Waals surface area contributed by atoms with Crippen LogP contribution >= 0.6 is 11.8 Å². The topological polar surface area (TPSA) is 52.7 Å². The van der Waals surface area contributed by atoms with Gasteiger partial charge in [-0.05, 0) is 31.2 Å². The summed E-state index contributed by atoms with van der Waals surface area (Å²) in [5.74, 6) is -2.56. The molecule has 132 valence electrons. The van der Waals surface area contributed by atoms with Crippen molar-refractivity contribution in [3.05, 3.63) is 24.3 Å². The molecule has 24 heavy (non-hydrogen) atoms. The molecule has 2 rings (SSSR count). The summed E-state index contributed by atoms with van der Waals surface area (Å²) in [5.41, 5.74) is 0.577. The van der Waals surface area contributed by atoms with Crippen molar-refractivity contribution in [2.75, 3.05) is 31.5 Å². The molecule has 1 aromatic rings. The second-order valence-corrected chi connectivity index (χ2v) is 6.67. The molecule has 1 atom stereocenters. The maximum Gasteiger partial charge on any atom is 0.288 e. The molecule has 1 saturated heterocycles. The number of thioether (sulfide) groups is 1. The molecule has 1 N–H and O–H groups in total. The molecule has 8 heteroatoms. The summed E-state index contributed by atoms with van der Waals surface area (Å²) in [6, 6.07) is 6.02. The SMILES string of the molecule is CC(=O)N1CCN([C@H](C)C(=O)Nc2ccc(SC(F)F)cc2)CC1. The summed E-state index contributed by atoms with van der Waals surface area (Å²) in [6.07, 6.45) is 0. The minimum atomic E-state index is -2.46. The average molecular weight is 357 g/mol. The zero-order chi connectivity index (χ0) is 17.7. The molecule has 0 saturated carbocycles. The van der Waals surface area contributed by atoms with E-state index in [0.29, 0.717) is 48.5 Å². The highest BCUT2D eigenvalue weighted by Crippen LogP contribution is 2.26. The number of carbonyl (C=O) groups excluding carboxylic acids is 2. The van der Waals surface area contributed by atoms with E-state index >= 15 is 0 Å². The first-order valence-electron chi connectivity index (χ1n) is 7.72. The van der Waals surface area contributed by atoms with Crippen molar-refractivity contribution in [3.63, 3.8) is 0 Å². The molecule has 2 amide bonds. The fourth-order valence-electron chi connectivity index (χ4n) is 2.56. The lowest BCUT2D eigenvalue weighted by atomic mass is 10.2. The van der Waals surface area contributed by atoms with Crippen LogP contribution in [0.3, 0.4) is 0 Å². The monoisotopic (exact) mass is 357 g/mol. The van der Waals surface area contributed by atoms with Crippen LogP contribution in [0, 0.1) is 0 Å². The van der Waals surface area contributed by atoms with Crippen molar-refractivity contribution in [1.82, 2.24) is 9.80 Å². The van der Waals surface area contributed by atoms with Crippen molar-refractivity contribution >= 4 is 29.3 Å². The minimum absolute atomic E-state index is 0.0495. The summed E-state index contributed by atoms with van der Waals surface area (Å²) in [6.45, 7) is 5.90. The lowest BCUT2D eigenvalue weighted by molar-refractivity contribution is -0.131. The van der Waals surface area contributed by atoms with Gasteiger partial charge in [-0.15, -0.1) is 0 Å². The van der Waals surface area contributed by atoms with Crippen LogP contribution in [-0.2, 0) is 9.59 Å². The fourth-order valence-corrected chi connectivity index (χ4v) is 3.06. The molecule has 0 aliphatic carbocycles. The van der Waals surface area contributed by atoms with Crippen LogP contribution < -0.4 is 5.32 Å². The number of halogens is 2. The van der Waals surface area contributed by atoms with E-state index in [4.69, 9.17) is 0 Å². The second kappa shape index (κ2) is 8.43. The van der Waals surface area contributed by atoms with Crippen molar-refractivity contribution in [1.29, 1.82) is 0 Å². The molecule has 1 heterocycles. The Bertz CT molecular complexity index is 575. The number of hydrogen-bond donors (Lipinski definition) is 1. The number of benzene rings is 1. The summed E-state index contributed by atoms with van der Waals surface area (Å²) in [5, 5.41) is 2.80. The van der Waals surface area contributed by atoms with Gasteiger partial charge in [0.1, 0.15) is 0 Å². The highest BCUT2D eigenvalue weighted by molar-refractivity contribution is 7.99. The zero-order valence-electron chi connectivity index (χ0n) is 13.7. The predicted molar refractivity (Wildman–Crippen MR) is 90.2 cm³/mol. The maximum atomic E-state index is 12.3. The first kappa shape index (κ1) is 18.7. The number of hydrogen-bond acceptors (Lipinski definition) is 4. The first-order valence-corrected chi connectivity index (χ1v) is 8.60. The molecule has 0 spiro atoms. The number of anilines is 1. The quantitative estimate of drug-likeness (QED) is 0.823. The van der Waals surface area contributed by atoms with Crippen molar-refractivity contribution in [2.24, 2.45) is 0 Å². The van der Waals surface area contributed by atoms with Crippen LogP contribution in [0.15, 0.2) is 29.2 Å². The Morgan fingerprint density at radius 3 is 2.21 bits per heavy atom. The van der Waals surface area contributed by atoms with Gasteiger partial charge in [-0.1, -0.05) is 11.8 Å².